The Morgan fingerprint density at radius 2 is 0.901 bits per heavy atom. The quantitative estimate of drug-likeness (QED) is 0.133. The van der Waals surface area contributed by atoms with Gasteiger partial charge in [-0.25, -0.2) is 9.97 Å². The third kappa shape index (κ3) is 10.1. The SMILES string of the molecule is CCn1cc(C(=O)Nc2ccc(-c3ccccc3)cc2)c(=O)c2cc(CC3Cc4ccccc4C3)cnc21.CCn1cc(C(=O)Nc2ccc(C)cc2)c(=O)c2cc(CC3Cc4ccccc4C3)cnc21. The molecule has 0 bridgehead atoms. The number of nitrogens with zero attached hydrogens (tertiary/aromatic N) is 4. The lowest BCUT2D eigenvalue weighted by molar-refractivity contribution is 0.101. The number of aryl methyl sites for hydroxylation is 3. The van der Waals surface area contributed by atoms with Gasteiger partial charge < -0.3 is 19.8 Å². The van der Waals surface area contributed by atoms with Crippen LogP contribution in [0.3, 0.4) is 0 Å². The lowest BCUT2D eigenvalue weighted by atomic mass is 9.97. The highest BCUT2D eigenvalue weighted by Crippen LogP contribution is 2.31. The van der Waals surface area contributed by atoms with E-state index in [2.05, 4.69) is 69.1 Å². The van der Waals surface area contributed by atoms with Gasteiger partial charge in [-0.05, 0) is 152 Å². The van der Waals surface area contributed by atoms with Gasteiger partial charge in [-0.15, -0.1) is 0 Å². The summed E-state index contributed by atoms with van der Waals surface area (Å²) in [7, 11) is 0. The van der Waals surface area contributed by atoms with Gasteiger partial charge >= 0.3 is 0 Å². The molecule has 4 aromatic heterocycles. The molecule has 354 valence electrons. The van der Waals surface area contributed by atoms with Gasteiger partial charge in [0, 0.05) is 49.3 Å². The molecule has 0 fully saturated rings. The molecule has 0 radical (unpaired) electrons. The Morgan fingerprint density at radius 3 is 1.31 bits per heavy atom. The zero-order chi connectivity index (χ0) is 49.0. The summed E-state index contributed by atoms with van der Waals surface area (Å²) in [6.45, 7) is 7.18. The van der Waals surface area contributed by atoms with Crippen LogP contribution in [0.4, 0.5) is 11.4 Å². The van der Waals surface area contributed by atoms with Crippen molar-refractivity contribution in [2.75, 3.05) is 10.6 Å². The van der Waals surface area contributed by atoms with Gasteiger partial charge in [0.05, 0.1) is 10.8 Å². The molecule has 2 aliphatic carbocycles. The topological polar surface area (TPSA) is 128 Å². The molecule has 0 unspecified atom stereocenters. The summed E-state index contributed by atoms with van der Waals surface area (Å²) in [5.41, 5.74) is 13.2. The van der Waals surface area contributed by atoms with E-state index in [1.807, 2.05) is 133 Å². The highest BCUT2D eigenvalue weighted by molar-refractivity contribution is 6.06. The molecule has 9 aromatic rings. The molecule has 4 heterocycles. The largest absolute Gasteiger partial charge is 0.332 e. The summed E-state index contributed by atoms with van der Waals surface area (Å²) in [5.74, 6) is 0.182. The van der Waals surface area contributed by atoms with Gasteiger partial charge in [0.1, 0.15) is 22.4 Å². The fourth-order valence-corrected chi connectivity index (χ4v) is 10.3. The minimum absolute atomic E-state index is 0.124. The van der Waals surface area contributed by atoms with Gasteiger partial charge in [-0.1, -0.05) is 109 Å². The minimum atomic E-state index is -0.414. The minimum Gasteiger partial charge on any atom is -0.332 e. The molecule has 0 atom stereocenters. The van der Waals surface area contributed by atoms with Crippen molar-refractivity contribution in [2.45, 2.75) is 72.4 Å². The molecular formula is C61H56N6O4. The molecule has 0 saturated carbocycles. The number of anilines is 2. The van der Waals surface area contributed by atoms with Crippen LogP contribution in [0.15, 0.2) is 174 Å². The zero-order valence-electron chi connectivity index (χ0n) is 40.3. The number of amides is 2. The average molecular weight is 937 g/mol. The van der Waals surface area contributed by atoms with Crippen LogP contribution in [0, 0.1) is 18.8 Å². The summed E-state index contributed by atoms with van der Waals surface area (Å²) in [5, 5.41) is 6.75. The number of fused-ring (bicyclic) bond motifs is 4. The van der Waals surface area contributed by atoms with Crippen LogP contribution in [0.1, 0.15) is 73.5 Å². The first-order chi connectivity index (χ1) is 34.6. The van der Waals surface area contributed by atoms with E-state index in [4.69, 9.17) is 0 Å². The number of hydrogen-bond acceptors (Lipinski definition) is 6. The maximum absolute atomic E-state index is 13.5. The zero-order valence-corrected chi connectivity index (χ0v) is 40.3. The molecule has 10 heteroatoms. The molecule has 0 spiro atoms. The number of benzene rings is 5. The van der Waals surface area contributed by atoms with Crippen molar-refractivity contribution in [3.63, 3.8) is 0 Å². The van der Waals surface area contributed by atoms with Crippen molar-refractivity contribution < 1.29 is 9.59 Å². The molecule has 11 rings (SSSR count). The van der Waals surface area contributed by atoms with Crippen LogP contribution >= 0.6 is 0 Å². The van der Waals surface area contributed by atoms with Crippen LogP contribution in [-0.2, 0) is 51.6 Å². The standard InChI is InChI=1S/C33H29N3O2.C28H27N3O2/c1-2-36-21-30(33(38)35-28-14-12-25(13-15-28)24-8-4-3-5-9-24)31(37)29-19-23(20-34-32(29)36)16-22-17-26-10-6-7-11-27(26)18-22;1-3-31-17-25(28(33)30-23-10-8-18(2)9-11-23)26(32)24-15-20(16-29-27(24)31)12-19-13-21-6-4-5-7-22(21)14-19/h3-15,19-22H,2,16-18H2,1H3,(H,35,38);4-11,15-17,19H,3,12-14H2,1-2H3,(H,30,33). The Bertz CT molecular complexity index is 3510. The smallest absolute Gasteiger partial charge is 0.261 e. The van der Waals surface area contributed by atoms with Gasteiger partial charge in [0.15, 0.2) is 0 Å². The molecule has 71 heavy (non-hydrogen) atoms. The molecule has 0 saturated heterocycles. The van der Waals surface area contributed by atoms with E-state index in [0.29, 0.717) is 58.4 Å². The summed E-state index contributed by atoms with van der Waals surface area (Å²) >= 11 is 0. The van der Waals surface area contributed by atoms with Gasteiger partial charge in [-0.3, -0.25) is 19.2 Å². The van der Waals surface area contributed by atoms with Crippen molar-refractivity contribution in [1.82, 2.24) is 19.1 Å². The van der Waals surface area contributed by atoms with Crippen molar-refractivity contribution in [1.29, 1.82) is 0 Å². The number of carbonyl (C=O) groups excluding carboxylic acids is 2. The van der Waals surface area contributed by atoms with Gasteiger partial charge in [-0.2, -0.15) is 0 Å². The summed E-state index contributed by atoms with van der Waals surface area (Å²) < 4.78 is 3.75. The van der Waals surface area contributed by atoms with Crippen LogP contribution in [0.5, 0.6) is 0 Å². The molecule has 2 aliphatic rings. The molecule has 2 amide bonds. The highest BCUT2D eigenvalue weighted by atomic mass is 16.2. The van der Waals surface area contributed by atoms with Crippen LogP contribution in [-0.4, -0.2) is 30.9 Å². The number of pyridine rings is 4. The maximum Gasteiger partial charge on any atom is 0.261 e. The fourth-order valence-electron chi connectivity index (χ4n) is 10.3. The molecule has 0 aliphatic heterocycles. The normalized spacial score (nSPS) is 13.1. The first-order valence-electron chi connectivity index (χ1n) is 24.6. The first-order valence-corrected chi connectivity index (χ1v) is 24.6. The Balaban J connectivity index is 0.000000166. The second kappa shape index (κ2) is 20.4. The second-order valence-corrected chi connectivity index (χ2v) is 19.0. The van der Waals surface area contributed by atoms with Gasteiger partial charge in [0.25, 0.3) is 11.8 Å². The monoisotopic (exact) mass is 936 g/mol. The summed E-state index contributed by atoms with van der Waals surface area (Å²) in [4.78, 5) is 62.4. The number of carbonyl (C=O) groups is 2. The van der Waals surface area contributed by atoms with E-state index in [-0.39, 0.29) is 22.0 Å². The van der Waals surface area contributed by atoms with Crippen LogP contribution in [0.25, 0.3) is 33.2 Å². The average Bonchev–Trinajstić information content (AvgIpc) is 4.01. The highest BCUT2D eigenvalue weighted by Gasteiger charge is 2.24. The van der Waals surface area contributed by atoms with Crippen molar-refractivity contribution in [3.05, 3.63) is 235 Å². The van der Waals surface area contributed by atoms with E-state index >= 15 is 0 Å². The van der Waals surface area contributed by atoms with E-state index < -0.39 is 11.8 Å². The summed E-state index contributed by atoms with van der Waals surface area (Å²) in [6.07, 6.45) is 12.9. The Morgan fingerprint density at radius 1 is 0.521 bits per heavy atom. The van der Waals surface area contributed by atoms with Crippen LogP contribution < -0.4 is 21.5 Å². The van der Waals surface area contributed by atoms with Gasteiger partial charge in [0.2, 0.25) is 10.9 Å². The number of hydrogen-bond donors (Lipinski definition) is 2. The third-order valence-electron chi connectivity index (χ3n) is 14.0. The molecule has 10 nitrogen and oxygen atoms in total. The number of nitrogens with one attached hydrogen (secondary N) is 2. The Labute approximate surface area is 413 Å². The number of rotatable bonds is 11. The van der Waals surface area contributed by atoms with Crippen LogP contribution in [0.2, 0.25) is 0 Å². The van der Waals surface area contributed by atoms with E-state index in [1.165, 1.54) is 22.3 Å². The predicted molar refractivity (Wildman–Crippen MR) is 284 cm³/mol. The fraction of sp³-hybridized carbons (Fsp3) is 0.213. The maximum atomic E-state index is 13.5. The number of aromatic nitrogens is 4. The van der Waals surface area contributed by atoms with Crippen molar-refractivity contribution in [2.24, 2.45) is 11.8 Å². The van der Waals surface area contributed by atoms with Crippen molar-refractivity contribution >= 4 is 45.3 Å². The Kier molecular flexibility index (Phi) is 13.3. The predicted octanol–water partition coefficient (Wildman–Crippen LogP) is 11.2. The molecular weight excluding hydrogens is 881 g/mol. The lowest BCUT2D eigenvalue weighted by Crippen LogP contribution is -2.24. The lowest BCUT2D eigenvalue weighted by Gasteiger charge is -2.14. The van der Waals surface area contributed by atoms with E-state index in [1.54, 1.807) is 12.4 Å². The van der Waals surface area contributed by atoms with E-state index in [0.717, 1.165) is 66.3 Å². The second-order valence-electron chi connectivity index (χ2n) is 19.0. The van der Waals surface area contributed by atoms with Crippen molar-refractivity contribution in [3.8, 4) is 11.1 Å². The first kappa shape index (κ1) is 46.5. The Hall–Kier alpha value is -8.24. The molecule has 5 aromatic carbocycles. The molecule has 2 N–H and O–H groups in total. The third-order valence-corrected chi connectivity index (χ3v) is 14.0. The van der Waals surface area contributed by atoms with E-state index in [9.17, 15) is 19.2 Å². The summed E-state index contributed by atoms with van der Waals surface area (Å²) in [6, 6.07) is 46.3.